The van der Waals surface area contributed by atoms with Crippen molar-refractivity contribution in [1.82, 2.24) is 9.66 Å². The molecule has 2 aromatic rings. The Morgan fingerprint density at radius 2 is 2.33 bits per heavy atom. The highest BCUT2D eigenvalue weighted by Gasteiger charge is 1.99. The molecular weight excluding hydrogens is 150 g/mol. The van der Waals surface area contributed by atoms with Crippen LogP contribution in [0.5, 0.6) is 0 Å². The molecule has 0 atom stereocenters. The largest absolute Gasteiger partial charge is 0.329 e. The zero-order valence-electron chi connectivity index (χ0n) is 7.20. The zero-order valence-corrected chi connectivity index (χ0v) is 7.20. The second-order valence-corrected chi connectivity index (χ2v) is 2.83. The minimum absolute atomic E-state index is 1.02. The highest BCUT2D eigenvalue weighted by Crippen LogP contribution is 2.12. The fraction of sp³-hybridized carbons (Fsp3) is 0.222. The van der Waals surface area contributed by atoms with Crippen molar-refractivity contribution in [2.45, 2.75) is 6.92 Å². The van der Waals surface area contributed by atoms with Crippen molar-refractivity contribution in [2.75, 3.05) is 12.5 Å². The fourth-order valence-electron chi connectivity index (χ4n) is 1.31. The van der Waals surface area contributed by atoms with E-state index >= 15 is 0 Å². The molecule has 3 nitrogen and oxygen atoms in total. The number of aromatic nitrogens is 2. The van der Waals surface area contributed by atoms with Gasteiger partial charge in [-0.05, 0) is 24.6 Å². The number of rotatable bonds is 1. The summed E-state index contributed by atoms with van der Waals surface area (Å²) in [5, 5.41) is 0. The Kier molecular flexibility index (Phi) is 1.50. The van der Waals surface area contributed by atoms with Gasteiger partial charge in [-0.1, -0.05) is 0 Å². The predicted octanol–water partition coefficient (Wildman–Crippen LogP) is 1.52. The van der Waals surface area contributed by atoms with Crippen LogP contribution in [0.25, 0.3) is 11.0 Å². The van der Waals surface area contributed by atoms with E-state index < -0.39 is 0 Å². The number of aryl methyl sites for hydroxylation is 1. The molecule has 0 unspecified atom stereocenters. The van der Waals surface area contributed by atoms with Crippen molar-refractivity contribution in [1.29, 1.82) is 0 Å². The molecule has 0 spiro atoms. The summed E-state index contributed by atoms with van der Waals surface area (Å²) >= 11 is 0. The van der Waals surface area contributed by atoms with E-state index in [0.29, 0.717) is 0 Å². The molecule has 0 bridgehead atoms. The average Bonchev–Trinajstić information content (AvgIpc) is 2.46. The first-order valence-corrected chi connectivity index (χ1v) is 3.93. The van der Waals surface area contributed by atoms with Crippen LogP contribution in [-0.4, -0.2) is 16.7 Å². The summed E-state index contributed by atoms with van der Waals surface area (Å²) in [6.07, 6.45) is 3.85. The van der Waals surface area contributed by atoms with Gasteiger partial charge in [0.05, 0.1) is 11.0 Å². The first-order valence-electron chi connectivity index (χ1n) is 3.93. The third-order valence-electron chi connectivity index (χ3n) is 1.92. The number of nitrogens with zero attached hydrogens (tertiary/aromatic N) is 2. The molecule has 0 amide bonds. The normalized spacial score (nSPS) is 10.5. The van der Waals surface area contributed by atoms with Crippen LogP contribution in [0.2, 0.25) is 0 Å². The third kappa shape index (κ3) is 0.942. The summed E-state index contributed by atoms with van der Waals surface area (Å²) in [7, 11) is 1.89. The van der Waals surface area contributed by atoms with Gasteiger partial charge in [-0.3, -0.25) is 9.66 Å². The topological polar surface area (TPSA) is 29.9 Å². The third-order valence-corrected chi connectivity index (χ3v) is 1.92. The Balaban J connectivity index is 2.75. The van der Waals surface area contributed by atoms with Crippen molar-refractivity contribution in [3.63, 3.8) is 0 Å². The van der Waals surface area contributed by atoms with Crippen molar-refractivity contribution in [3.8, 4) is 0 Å². The van der Waals surface area contributed by atoms with Gasteiger partial charge in [0.25, 0.3) is 0 Å². The number of pyridine rings is 1. The summed E-state index contributed by atoms with van der Waals surface area (Å²) in [6.45, 7) is 2.04. The van der Waals surface area contributed by atoms with Crippen molar-refractivity contribution in [2.24, 2.45) is 0 Å². The van der Waals surface area contributed by atoms with Gasteiger partial charge in [0.2, 0.25) is 0 Å². The first kappa shape index (κ1) is 7.16. The summed E-state index contributed by atoms with van der Waals surface area (Å²) in [5.74, 6) is 0. The quantitative estimate of drug-likeness (QED) is 0.687. The molecule has 1 N–H and O–H groups in total. The van der Waals surface area contributed by atoms with E-state index in [1.54, 1.807) is 0 Å². The molecule has 0 aliphatic heterocycles. The molecule has 0 radical (unpaired) electrons. The maximum atomic E-state index is 4.29. The van der Waals surface area contributed by atoms with Gasteiger partial charge in [0.1, 0.15) is 0 Å². The highest BCUT2D eigenvalue weighted by molar-refractivity contribution is 5.76. The maximum Gasteiger partial charge on any atom is 0.0901 e. The van der Waals surface area contributed by atoms with Crippen LogP contribution in [0.15, 0.2) is 24.5 Å². The monoisotopic (exact) mass is 161 g/mol. The molecule has 2 aromatic heterocycles. The molecule has 62 valence electrons. The predicted molar refractivity (Wildman–Crippen MR) is 49.8 cm³/mol. The van der Waals surface area contributed by atoms with Crippen molar-refractivity contribution in [3.05, 3.63) is 30.1 Å². The Bertz CT molecular complexity index is 403. The second kappa shape index (κ2) is 2.52. The first-order chi connectivity index (χ1) is 5.81. The van der Waals surface area contributed by atoms with Crippen LogP contribution in [0, 0.1) is 6.92 Å². The lowest BCUT2D eigenvalue weighted by Gasteiger charge is -2.02. The van der Waals surface area contributed by atoms with E-state index in [-0.39, 0.29) is 0 Å². The van der Waals surface area contributed by atoms with Crippen LogP contribution < -0.4 is 5.43 Å². The second-order valence-electron chi connectivity index (χ2n) is 2.83. The SMILES string of the molecule is CNn1ccc2ncc(C)cc21. The van der Waals surface area contributed by atoms with E-state index in [2.05, 4.69) is 16.5 Å². The van der Waals surface area contributed by atoms with E-state index in [1.165, 1.54) is 5.56 Å². The summed E-state index contributed by atoms with van der Waals surface area (Å²) in [4.78, 5) is 4.29. The van der Waals surface area contributed by atoms with Crippen molar-refractivity contribution < 1.29 is 0 Å². The van der Waals surface area contributed by atoms with Crippen LogP contribution >= 0.6 is 0 Å². The Morgan fingerprint density at radius 3 is 3.08 bits per heavy atom. The summed E-state index contributed by atoms with van der Waals surface area (Å²) in [5.41, 5.74) is 6.38. The lowest BCUT2D eigenvalue weighted by molar-refractivity contribution is 0.974. The smallest absolute Gasteiger partial charge is 0.0901 e. The van der Waals surface area contributed by atoms with Crippen LogP contribution in [0.3, 0.4) is 0 Å². The minimum Gasteiger partial charge on any atom is -0.329 e. The van der Waals surface area contributed by atoms with E-state index in [4.69, 9.17) is 0 Å². The number of hydrogen-bond acceptors (Lipinski definition) is 2. The summed E-state index contributed by atoms with van der Waals surface area (Å²) < 4.78 is 1.95. The van der Waals surface area contributed by atoms with E-state index in [1.807, 2.05) is 37.1 Å². The molecule has 0 saturated heterocycles. The molecule has 0 saturated carbocycles. The molecule has 2 heterocycles. The molecule has 12 heavy (non-hydrogen) atoms. The fourth-order valence-corrected chi connectivity index (χ4v) is 1.31. The molecule has 0 aliphatic rings. The van der Waals surface area contributed by atoms with Gasteiger partial charge in [-0.2, -0.15) is 0 Å². The lowest BCUT2D eigenvalue weighted by Crippen LogP contribution is -2.06. The standard InChI is InChI=1S/C9H11N3/c1-7-5-9-8(11-6-7)3-4-12(9)10-2/h3-6,10H,1-2H3. The highest BCUT2D eigenvalue weighted by atomic mass is 15.4. The Morgan fingerprint density at radius 1 is 1.50 bits per heavy atom. The van der Waals surface area contributed by atoms with Gasteiger partial charge in [0, 0.05) is 19.4 Å². The molecule has 0 fully saturated rings. The molecule has 0 aromatic carbocycles. The van der Waals surface area contributed by atoms with Crippen LogP contribution in [-0.2, 0) is 0 Å². The molecular formula is C9H11N3. The van der Waals surface area contributed by atoms with Gasteiger partial charge < -0.3 is 5.43 Å². The lowest BCUT2D eigenvalue weighted by atomic mass is 10.3. The number of nitrogens with one attached hydrogen (secondary N) is 1. The van der Waals surface area contributed by atoms with E-state index in [9.17, 15) is 0 Å². The number of fused-ring (bicyclic) bond motifs is 1. The number of hydrogen-bond donors (Lipinski definition) is 1. The molecule has 3 heteroatoms. The van der Waals surface area contributed by atoms with Crippen LogP contribution in [0.4, 0.5) is 0 Å². The Labute approximate surface area is 71.0 Å². The maximum absolute atomic E-state index is 4.29. The van der Waals surface area contributed by atoms with Gasteiger partial charge in [-0.15, -0.1) is 0 Å². The van der Waals surface area contributed by atoms with Crippen LogP contribution in [0.1, 0.15) is 5.56 Å². The average molecular weight is 161 g/mol. The van der Waals surface area contributed by atoms with E-state index in [0.717, 1.165) is 11.0 Å². The molecule has 0 aliphatic carbocycles. The minimum atomic E-state index is 1.02. The molecule has 2 rings (SSSR count). The van der Waals surface area contributed by atoms with Gasteiger partial charge >= 0.3 is 0 Å². The zero-order chi connectivity index (χ0) is 8.55. The van der Waals surface area contributed by atoms with Gasteiger partial charge in [0.15, 0.2) is 0 Å². The van der Waals surface area contributed by atoms with Crippen molar-refractivity contribution >= 4 is 11.0 Å². The summed E-state index contributed by atoms with van der Waals surface area (Å²) in [6, 6.07) is 4.10. The Hall–Kier alpha value is -1.51. The van der Waals surface area contributed by atoms with Gasteiger partial charge in [-0.25, -0.2) is 0 Å².